The molecule has 0 bridgehead atoms. The van der Waals surface area contributed by atoms with E-state index < -0.39 is 0 Å². The van der Waals surface area contributed by atoms with E-state index in [1.165, 1.54) is 11.8 Å². The van der Waals surface area contributed by atoms with E-state index >= 15 is 0 Å². The highest BCUT2D eigenvalue weighted by Gasteiger charge is 2.11. The molecular weight excluding hydrogens is 386 g/mol. The van der Waals surface area contributed by atoms with Gasteiger partial charge in [-0.15, -0.1) is 5.10 Å². The Balaban J connectivity index is 1.56. The van der Waals surface area contributed by atoms with Crippen molar-refractivity contribution in [1.29, 1.82) is 0 Å². The largest absolute Gasteiger partial charge is 0.494 e. The second-order valence-corrected chi connectivity index (χ2v) is 7.24. The van der Waals surface area contributed by atoms with E-state index in [1.54, 1.807) is 29.5 Å². The number of ether oxygens (including phenoxy) is 1. The van der Waals surface area contributed by atoms with Crippen LogP contribution in [0.4, 0.5) is 0 Å². The molecule has 0 unspecified atom stereocenters. The maximum atomic E-state index is 12.4. The number of benzene rings is 2. The van der Waals surface area contributed by atoms with Gasteiger partial charge in [-0.1, -0.05) is 59.4 Å². The molecule has 0 saturated carbocycles. The molecule has 29 heavy (non-hydrogen) atoms. The van der Waals surface area contributed by atoms with Gasteiger partial charge in [-0.05, 0) is 12.1 Å². The predicted octanol–water partition coefficient (Wildman–Crippen LogP) is 3.33. The highest BCUT2D eigenvalue weighted by atomic mass is 32.2. The van der Waals surface area contributed by atoms with Gasteiger partial charge in [-0.25, -0.2) is 9.67 Å². The van der Waals surface area contributed by atoms with Crippen molar-refractivity contribution in [2.45, 2.75) is 10.9 Å². The van der Waals surface area contributed by atoms with Crippen LogP contribution in [0.15, 0.2) is 76.8 Å². The minimum atomic E-state index is -0.0981. The van der Waals surface area contributed by atoms with Crippen molar-refractivity contribution < 1.29 is 4.74 Å². The van der Waals surface area contributed by atoms with E-state index in [1.807, 2.05) is 60.8 Å². The molecule has 0 aliphatic rings. The lowest BCUT2D eigenvalue weighted by molar-refractivity contribution is 0.411. The lowest BCUT2D eigenvalue weighted by atomic mass is 10.1. The number of para-hydroxylation sites is 2. The Labute approximate surface area is 172 Å². The smallest absolute Gasteiger partial charge is 0.254 e. The summed E-state index contributed by atoms with van der Waals surface area (Å²) in [7, 11) is 3.34. The molecule has 0 atom stereocenters. The molecule has 0 spiro atoms. The Kier molecular flexibility index (Phi) is 5.44. The van der Waals surface area contributed by atoms with Crippen LogP contribution >= 0.6 is 11.8 Å². The lowest BCUT2D eigenvalue weighted by Crippen LogP contribution is -2.19. The fourth-order valence-electron chi connectivity index (χ4n) is 2.84. The average molecular weight is 405 g/mol. The van der Waals surface area contributed by atoms with Crippen molar-refractivity contribution in [3.8, 4) is 22.7 Å². The van der Waals surface area contributed by atoms with E-state index in [-0.39, 0.29) is 5.56 Å². The Morgan fingerprint density at radius 1 is 1.07 bits per heavy atom. The van der Waals surface area contributed by atoms with Crippen molar-refractivity contribution in [1.82, 2.24) is 24.5 Å². The van der Waals surface area contributed by atoms with E-state index in [4.69, 9.17) is 4.74 Å². The monoisotopic (exact) mass is 405 g/mol. The molecule has 0 aliphatic carbocycles. The van der Waals surface area contributed by atoms with Gasteiger partial charge in [0.25, 0.3) is 5.56 Å². The topological polar surface area (TPSA) is 74.8 Å². The number of hydrogen-bond donors (Lipinski definition) is 0. The van der Waals surface area contributed by atoms with Gasteiger partial charge < -0.3 is 4.74 Å². The second-order valence-electron chi connectivity index (χ2n) is 6.30. The molecule has 8 heteroatoms. The quantitative estimate of drug-likeness (QED) is 0.362. The molecule has 0 radical (unpaired) electrons. The molecular formula is C21H19N5O2S. The molecule has 4 rings (SSSR count). The van der Waals surface area contributed by atoms with E-state index in [0.717, 1.165) is 22.7 Å². The van der Waals surface area contributed by atoms with Gasteiger partial charge in [-0.2, -0.15) is 0 Å². The van der Waals surface area contributed by atoms with E-state index in [2.05, 4.69) is 15.3 Å². The van der Waals surface area contributed by atoms with Crippen molar-refractivity contribution >= 4 is 11.8 Å². The van der Waals surface area contributed by atoms with Crippen LogP contribution in [0.2, 0.25) is 0 Å². The van der Waals surface area contributed by atoms with Crippen LogP contribution in [0, 0.1) is 0 Å². The number of methoxy groups -OCH3 is 1. The summed E-state index contributed by atoms with van der Waals surface area (Å²) in [6.07, 6.45) is 1.85. The van der Waals surface area contributed by atoms with E-state index in [9.17, 15) is 4.79 Å². The molecule has 2 aromatic carbocycles. The molecule has 0 aliphatic heterocycles. The minimum Gasteiger partial charge on any atom is -0.494 e. The molecule has 2 heterocycles. The number of nitrogens with zero attached hydrogens (tertiary/aromatic N) is 5. The molecule has 0 saturated heterocycles. The highest BCUT2D eigenvalue weighted by Crippen LogP contribution is 2.24. The van der Waals surface area contributed by atoms with Crippen LogP contribution in [0.25, 0.3) is 16.9 Å². The summed E-state index contributed by atoms with van der Waals surface area (Å²) < 4.78 is 8.61. The first-order valence-electron chi connectivity index (χ1n) is 8.96. The zero-order valence-corrected chi connectivity index (χ0v) is 16.8. The Morgan fingerprint density at radius 2 is 1.83 bits per heavy atom. The predicted molar refractivity (Wildman–Crippen MR) is 112 cm³/mol. The number of hydrogen-bond acceptors (Lipinski definition) is 6. The zero-order valence-electron chi connectivity index (χ0n) is 16.0. The molecule has 7 nitrogen and oxygen atoms in total. The van der Waals surface area contributed by atoms with Gasteiger partial charge >= 0.3 is 0 Å². The SMILES string of the molecule is COc1ccccc1-n1cc(CSc2nc(-c3ccccc3)cc(=O)n2C)nn1. The average Bonchev–Trinajstić information content (AvgIpc) is 3.24. The first-order chi connectivity index (χ1) is 14.2. The van der Waals surface area contributed by atoms with Crippen LogP contribution in [-0.4, -0.2) is 31.7 Å². The van der Waals surface area contributed by atoms with Crippen LogP contribution in [-0.2, 0) is 12.8 Å². The third-order valence-corrected chi connectivity index (χ3v) is 5.45. The van der Waals surface area contributed by atoms with Gasteiger partial charge in [0.05, 0.1) is 24.7 Å². The second kappa shape index (κ2) is 8.32. The fraction of sp³-hybridized carbons (Fsp3) is 0.143. The summed E-state index contributed by atoms with van der Waals surface area (Å²) in [4.78, 5) is 17.0. The first-order valence-corrected chi connectivity index (χ1v) is 9.95. The molecule has 0 fully saturated rings. The van der Waals surface area contributed by atoms with Crippen LogP contribution in [0.3, 0.4) is 0 Å². The van der Waals surface area contributed by atoms with Crippen LogP contribution < -0.4 is 10.3 Å². The Hall–Kier alpha value is -3.39. The number of rotatable bonds is 6. The fourth-order valence-corrected chi connectivity index (χ4v) is 3.70. The normalized spacial score (nSPS) is 10.8. The van der Waals surface area contributed by atoms with Crippen molar-refractivity contribution in [2.75, 3.05) is 7.11 Å². The minimum absolute atomic E-state index is 0.0981. The standard InChI is InChI=1S/C21H19N5O2S/c1-25-20(27)12-17(15-8-4-3-5-9-15)22-21(25)29-14-16-13-26(24-23-16)18-10-6-7-11-19(18)28-2/h3-13H,14H2,1-2H3. The summed E-state index contributed by atoms with van der Waals surface area (Å²) >= 11 is 1.45. The van der Waals surface area contributed by atoms with Gasteiger partial charge in [0.15, 0.2) is 5.16 Å². The Morgan fingerprint density at radius 3 is 2.62 bits per heavy atom. The maximum absolute atomic E-state index is 12.4. The molecule has 146 valence electrons. The van der Waals surface area contributed by atoms with E-state index in [0.29, 0.717) is 16.6 Å². The summed E-state index contributed by atoms with van der Waals surface area (Å²) in [5, 5.41) is 9.06. The summed E-state index contributed by atoms with van der Waals surface area (Å²) in [5.41, 5.74) is 3.07. The van der Waals surface area contributed by atoms with Gasteiger partial charge in [-0.3, -0.25) is 9.36 Å². The maximum Gasteiger partial charge on any atom is 0.254 e. The van der Waals surface area contributed by atoms with Gasteiger partial charge in [0.2, 0.25) is 0 Å². The van der Waals surface area contributed by atoms with Gasteiger partial charge in [0.1, 0.15) is 11.4 Å². The van der Waals surface area contributed by atoms with Crippen molar-refractivity contribution in [3.63, 3.8) is 0 Å². The summed E-state index contributed by atoms with van der Waals surface area (Å²) in [6, 6.07) is 18.8. The van der Waals surface area contributed by atoms with Crippen LogP contribution in [0.1, 0.15) is 5.69 Å². The third kappa shape index (κ3) is 4.07. The van der Waals surface area contributed by atoms with Crippen LogP contribution in [0.5, 0.6) is 5.75 Å². The Bertz CT molecular complexity index is 1190. The summed E-state index contributed by atoms with van der Waals surface area (Å²) in [6.45, 7) is 0. The molecule has 0 N–H and O–H groups in total. The van der Waals surface area contributed by atoms with Crippen molar-refractivity contribution in [2.24, 2.45) is 7.05 Å². The highest BCUT2D eigenvalue weighted by molar-refractivity contribution is 7.98. The van der Waals surface area contributed by atoms with Gasteiger partial charge in [0, 0.05) is 24.4 Å². The number of aromatic nitrogens is 5. The first kappa shape index (κ1) is 18.9. The number of thioether (sulfide) groups is 1. The lowest BCUT2D eigenvalue weighted by Gasteiger charge is -2.08. The summed E-state index contributed by atoms with van der Waals surface area (Å²) in [5.74, 6) is 1.25. The third-order valence-electron chi connectivity index (χ3n) is 4.39. The van der Waals surface area contributed by atoms with Crippen molar-refractivity contribution in [3.05, 3.63) is 82.9 Å². The molecule has 4 aromatic rings. The molecule has 2 aromatic heterocycles. The zero-order chi connectivity index (χ0) is 20.2. The molecule has 0 amide bonds.